The summed E-state index contributed by atoms with van der Waals surface area (Å²) >= 11 is 1.79. The summed E-state index contributed by atoms with van der Waals surface area (Å²) in [5.74, 6) is 2.08. The zero-order valence-corrected chi connectivity index (χ0v) is 20.3. The average molecular weight is 459 g/mol. The van der Waals surface area contributed by atoms with Gasteiger partial charge in [0.25, 0.3) is 5.91 Å². The van der Waals surface area contributed by atoms with E-state index < -0.39 is 10.8 Å². The molecule has 0 radical (unpaired) electrons. The fraction of sp³-hybridized carbons (Fsp3) is 0.478. The largest absolute Gasteiger partial charge is 0.353 e. The molecule has 1 amide bonds. The first-order valence-electron chi connectivity index (χ1n) is 10.7. The number of aryl methyl sites for hydroxylation is 3. The Morgan fingerprint density at radius 2 is 1.77 bits per heavy atom. The number of aromatic nitrogens is 1. The molecule has 3 heterocycles. The smallest absolute Gasteiger partial charge is 0.255 e. The first-order chi connectivity index (χ1) is 14.8. The molecule has 2 aliphatic rings. The third-order valence-corrected chi connectivity index (χ3v) is 8.18. The van der Waals surface area contributed by atoms with Gasteiger partial charge in [0.2, 0.25) is 0 Å². The van der Waals surface area contributed by atoms with Crippen LogP contribution in [0.4, 0.5) is 11.5 Å². The standard InChI is InChI=1S/C23H30N4O2S2/c1-16-14-17(2)22(24-18(16)3)25-9-11-26(12-10-25)23(28)20-7-6-19(15-21(20)31(4)29)27-8-5-13-30-27/h6-7,14-15H,5,8-13H2,1-4H3. The van der Waals surface area contributed by atoms with Crippen LogP contribution in [-0.2, 0) is 10.8 Å². The minimum Gasteiger partial charge on any atom is -0.353 e. The summed E-state index contributed by atoms with van der Waals surface area (Å²) in [5.41, 5.74) is 5.01. The van der Waals surface area contributed by atoms with Crippen LogP contribution in [0.3, 0.4) is 0 Å². The molecule has 2 saturated heterocycles. The summed E-state index contributed by atoms with van der Waals surface area (Å²) < 4.78 is 14.7. The molecule has 2 fully saturated rings. The summed E-state index contributed by atoms with van der Waals surface area (Å²) in [5, 5.41) is 0. The number of hydrogen-bond donors (Lipinski definition) is 0. The van der Waals surface area contributed by atoms with Crippen LogP contribution in [0, 0.1) is 20.8 Å². The Labute approximate surface area is 191 Å². The number of nitrogens with zero attached hydrogens (tertiary/aromatic N) is 4. The average Bonchev–Trinajstić information content (AvgIpc) is 3.30. The molecule has 4 rings (SSSR count). The molecule has 0 aliphatic carbocycles. The second-order valence-corrected chi connectivity index (χ2v) is 10.7. The second-order valence-electron chi connectivity index (χ2n) is 8.23. The maximum atomic E-state index is 13.3. The van der Waals surface area contributed by atoms with Gasteiger partial charge in [-0.2, -0.15) is 0 Å². The second kappa shape index (κ2) is 9.20. The van der Waals surface area contributed by atoms with Gasteiger partial charge in [0.05, 0.1) is 21.3 Å². The van der Waals surface area contributed by atoms with Gasteiger partial charge in [-0.05, 0) is 68.5 Å². The fourth-order valence-electron chi connectivity index (χ4n) is 4.17. The fourth-order valence-corrected chi connectivity index (χ4v) is 5.92. The Balaban J connectivity index is 1.49. The molecule has 0 N–H and O–H groups in total. The van der Waals surface area contributed by atoms with E-state index in [1.54, 1.807) is 18.2 Å². The lowest BCUT2D eigenvalue weighted by atomic mass is 10.1. The van der Waals surface area contributed by atoms with Crippen molar-refractivity contribution >= 4 is 40.2 Å². The number of amides is 1. The summed E-state index contributed by atoms with van der Waals surface area (Å²) in [4.78, 5) is 22.9. The van der Waals surface area contributed by atoms with E-state index in [9.17, 15) is 9.00 Å². The predicted molar refractivity (Wildman–Crippen MR) is 130 cm³/mol. The van der Waals surface area contributed by atoms with Gasteiger partial charge in [0.15, 0.2) is 0 Å². The summed E-state index contributed by atoms with van der Waals surface area (Å²) in [6, 6.07) is 7.95. The lowest BCUT2D eigenvalue weighted by molar-refractivity contribution is 0.0743. The molecule has 0 bridgehead atoms. The third-order valence-electron chi connectivity index (χ3n) is 6.04. The Morgan fingerprint density at radius 1 is 1.03 bits per heavy atom. The first-order valence-corrected chi connectivity index (χ1v) is 13.2. The highest BCUT2D eigenvalue weighted by Gasteiger charge is 2.27. The van der Waals surface area contributed by atoms with Gasteiger partial charge in [-0.25, -0.2) is 4.98 Å². The van der Waals surface area contributed by atoms with Crippen LogP contribution in [0.5, 0.6) is 0 Å². The molecule has 31 heavy (non-hydrogen) atoms. The Hall–Kier alpha value is -2.06. The number of carbonyl (C=O) groups is 1. The van der Waals surface area contributed by atoms with Crippen LogP contribution in [-0.4, -0.2) is 64.7 Å². The number of carbonyl (C=O) groups excluding carboxylic acids is 1. The predicted octanol–water partition coefficient (Wildman–Crippen LogP) is 3.56. The van der Waals surface area contributed by atoms with Gasteiger partial charge in [-0.15, -0.1) is 0 Å². The topological polar surface area (TPSA) is 56.8 Å². The maximum absolute atomic E-state index is 13.3. The van der Waals surface area contributed by atoms with Crippen molar-refractivity contribution in [3.63, 3.8) is 0 Å². The molecule has 2 aromatic rings. The molecular formula is C23H30N4O2S2. The lowest BCUT2D eigenvalue weighted by Crippen LogP contribution is -2.49. The van der Waals surface area contributed by atoms with Crippen molar-refractivity contribution in [1.82, 2.24) is 9.88 Å². The Morgan fingerprint density at radius 3 is 2.42 bits per heavy atom. The Kier molecular flexibility index (Phi) is 6.57. The Bertz CT molecular complexity index is 1010. The maximum Gasteiger partial charge on any atom is 0.255 e. The summed E-state index contributed by atoms with van der Waals surface area (Å²) in [6.45, 7) is 9.95. The molecular weight excluding hydrogens is 428 g/mol. The van der Waals surface area contributed by atoms with Crippen LogP contribution >= 0.6 is 11.9 Å². The number of hydrogen-bond acceptors (Lipinski definition) is 6. The van der Waals surface area contributed by atoms with Crippen molar-refractivity contribution in [2.24, 2.45) is 0 Å². The van der Waals surface area contributed by atoms with Crippen LogP contribution in [0.1, 0.15) is 33.6 Å². The van der Waals surface area contributed by atoms with Gasteiger partial charge in [0.1, 0.15) is 5.82 Å². The molecule has 0 spiro atoms. The van der Waals surface area contributed by atoms with Crippen LogP contribution in [0.2, 0.25) is 0 Å². The molecule has 6 nitrogen and oxygen atoms in total. The van der Waals surface area contributed by atoms with E-state index in [4.69, 9.17) is 4.98 Å². The van der Waals surface area contributed by atoms with Crippen molar-refractivity contribution in [3.8, 4) is 0 Å². The van der Waals surface area contributed by atoms with E-state index >= 15 is 0 Å². The highest BCUT2D eigenvalue weighted by atomic mass is 32.2. The normalized spacial score (nSPS) is 17.9. The van der Waals surface area contributed by atoms with Crippen molar-refractivity contribution in [2.75, 3.05) is 53.9 Å². The zero-order valence-electron chi connectivity index (χ0n) is 18.7. The highest BCUT2D eigenvalue weighted by Crippen LogP contribution is 2.31. The third kappa shape index (κ3) is 4.60. The number of rotatable bonds is 4. The zero-order chi connectivity index (χ0) is 22.1. The summed E-state index contributed by atoms with van der Waals surface area (Å²) in [6.07, 6.45) is 2.80. The SMILES string of the molecule is Cc1cc(C)c(N2CCN(C(=O)c3ccc(N4CCCS4)cc3S(C)=O)CC2)nc1C. The monoisotopic (exact) mass is 458 g/mol. The first kappa shape index (κ1) is 22.1. The van der Waals surface area contributed by atoms with E-state index in [0.717, 1.165) is 49.0 Å². The van der Waals surface area contributed by atoms with E-state index in [-0.39, 0.29) is 5.91 Å². The van der Waals surface area contributed by atoms with E-state index in [1.165, 1.54) is 11.1 Å². The molecule has 2 aliphatic heterocycles. The molecule has 1 atom stereocenters. The molecule has 1 unspecified atom stereocenters. The lowest BCUT2D eigenvalue weighted by Gasteiger charge is -2.36. The molecule has 166 valence electrons. The highest BCUT2D eigenvalue weighted by molar-refractivity contribution is 8.00. The van der Waals surface area contributed by atoms with E-state index in [0.29, 0.717) is 23.5 Å². The number of piperazine rings is 1. The summed E-state index contributed by atoms with van der Waals surface area (Å²) in [7, 11) is -1.22. The van der Waals surface area contributed by atoms with Crippen molar-refractivity contribution in [2.45, 2.75) is 32.1 Å². The molecule has 1 aromatic carbocycles. The van der Waals surface area contributed by atoms with Crippen LogP contribution < -0.4 is 9.21 Å². The van der Waals surface area contributed by atoms with Gasteiger partial charge >= 0.3 is 0 Å². The van der Waals surface area contributed by atoms with E-state index in [1.807, 2.05) is 30.0 Å². The van der Waals surface area contributed by atoms with Gasteiger partial charge < -0.3 is 14.1 Å². The van der Waals surface area contributed by atoms with Crippen LogP contribution in [0.25, 0.3) is 0 Å². The van der Waals surface area contributed by atoms with E-state index in [2.05, 4.69) is 29.1 Å². The van der Waals surface area contributed by atoms with Crippen molar-refractivity contribution in [1.29, 1.82) is 0 Å². The van der Waals surface area contributed by atoms with Gasteiger partial charge in [-0.3, -0.25) is 9.00 Å². The molecule has 1 aromatic heterocycles. The number of anilines is 2. The quantitative estimate of drug-likeness (QED) is 0.653. The van der Waals surface area contributed by atoms with Gasteiger partial charge in [0, 0.05) is 56.1 Å². The number of benzene rings is 1. The minimum absolute atomic E-state index is 0.0322. The van der Waals surface area contributed by atoms with Crippen molar-refractivity contribution < 1.29 is 9.00 Å². The van der Waals surface area contributed by atoms with Gasteiger partial charge in [-0.1, -0.05) is 6.07 Å². The molecule has 8 heteroatoms. The van der Waals surface area contributed by atoms with Crippen LogP contribution in [0.15, 0.2) is 29.2 Å². The minimum atomic E-state index is -1.22. The molecule has 0 saturated carbocycles. The number of pyridine rings is 1. The van der Waals surface area contributed by atoms with Crippen molar-refractivity contribution in [3.05, 3.63) is 46.6 Å².